The van der Waals surface area contributed by atoms with Crippen LogP contribution in [0.25, 0.3) is 22.4 Å². The Balaban J connectivity index is 2.28. The van der Waals surface area contributed by atoms with Gasteiger partial charge in [0.05, 0.1) is 11.8 Å². The van der Waals surface area contributed by atoms with E-state index in [-0.39, 0.29) is 0 Å². The maximum absolute atomic E-state index is 6.17. The van der Waals surface area contributed by atoms with E-state index in [0.717, 1.165) is 28.1 Å². The fourth-order valence-corrected chi connectivity index (χ4v) is 2.48. The second-order valence-corrected chi connectivity index (χ2v) is 5.07. The van der Waals surface area contributed by atoms with Gasteiger partial charge in [-0.15, -0.1) is 0 Å². The lowest BCUT2D eigenvalue weighted by Crippen LogP contribution is -1.97. The van der Waals surface area contributed by atoms with Crippen LogP contribution < -0.4 is 5.73 Å². The first-order valence-electron chi connectivity index (χ1n) is 6.21. The minimum atomic E-state index is 0.600. The molecule has 0 radical (unpaired) electrons. The topological polar surface area (TPSA) is 57.0 Å². The number of rotatable bonds is 2. The highest BCUT2D eigenvalue weighted by molar-refractivity contribution is 6.30. The van der Waals surface area contributed by atoms with E-state index in [0.29, 0.717) is 10.8 Å². The molecule has 0 atom stereocenters. The highest BCUT2D eigenvalue weighted by Gasteiger charge is 2.19. The molecule has 5 heteroatoms. The number of hydrogen-bond donors (Lipinski definition) is 1. The van der Waals surface area contributed by atoms with Gasteiger partial charge >= 0.3 is 0 Å². The first kappa shape index (κ1) is 12.8. The zero-order valence-corrected chi connectivity index (χ0v) is 12.0. The molecule has 0 amide bonds. The van der Waals surface area contributed by atoms with Crippen molar-refractivity contribution < 1.29 is 4.42 Å². The molecule has 0 saturated carbocycles. The van der Waals surface area contributed by atoms with Crippen LogP contribution in [0.3, 0.4) is 0 Å². The Morgan fingerprint density at radius 1 is 1.30 bits per heavy atom. The number of halogens is 1. The minimum absolute atomic E-state index is 0.600. The third kappa shape index (κ3) is 1.98. The quantitative estimate of drug-likeness (QED) is 0.778. The molecule has 2 aromatic heterocycles. The van der Waals surface area contributed by atoms with Gasteiger partial charge in [0, 0.05) is 17.6 Å². The first-order valence-corrected chi connectivity index (χ1v) is 6.58. The molecule has 0 spiro atoms. The fourth-order valence-electron chi connectivity index (χ4n) is 2.28. The smallest absolute Gasteiger partial charge is 0.129 e. The van der Waals surface area contributed by atoms with Crippen molar-refractivity contribution in [1.82, 2.24) is 9.78 Å². The fraction of sp³-hybridized carbons (Fsp3) is 0.133. The summed E-state index contributed by atoms with van der Waals surface area (Å²) in [4.78, 5) is 0. The second kappa shape index (κ2) is 4.72. The molecule has 0 aliphatic heterocycles. The Labute approximate surface area is 121 Å². The van der Waals surface area contributed by atoms with Gasteiger partial charge in [-0.1, -0.05) is 23.7 Å². The van der Waals surface area contributed by atoms with Gasteiger partial charge in [-0.25, -0.2) is 0 Å². The Bertz CT molecular complexity index is 773. The molecule has 3 aromatic rings. The van der Waals surface area contributed by atoms with Crippen LogP contribution >= 0.6 is 11.6 Å². The first-order chi connectivity index (χ1) is 9.58. The molecule has 0 unspecified atom stereocenters. The number of nitrogens with zero attached hydrogens (tertiary/aromatic N) is 2. The average Bonchev–Trinajstić information content (AvgIpc) is 2.94. The molecule has 0 bridgehead atoms. The summed E-state index contributed by atoms with van der Waals surface area (Å²) in [6, 6.07) is 9.48. The van der Waals surface area contributed by atoms with E-state index in [9.17, 15) is 0 Å². The van der Waals surface area contributed by atoms with Crippen molar-refractivity contribution >= 4 is 17.4 Å². The van der Waals surface area contributed by atoms with E-state index < -0.39 is 0 Å². The van der Waals surface area contributed by atoms with E-state index in [1.54, 1.807) is 10.9 Å². The second-order valence-electron chi connectivity index (χ2n) is 4.63. The Morgan fingerprint density at radius 2 is 2.10 bits per heavy atom. The Hall–Kier alpha value is -2.20. The third-order valence-corrected chi connectivity index (χ3v) is 3.55. The zero-order valence-electron chi connectivity index (χ0n) is 11.2. The van der Waals surface area contributed by atoms with E-state index >= 15 is 0 Å². The normalized spacial score (nSPS) is 10.9. The van der Waals surface area contributed by atoms with Crippen molar-refractivity contribution in [3.8, 4) is 22.4 Å². The Morgan fingerprint density at radius 3 is 2.75 bits per heavy atom. The van der Waals surface area contributed by atoms with Crippen LogP contribution in [0.4, 0.5) is 5.82 Å². The van der Waals surface area contributed by atoms with Crippen LogP contribution in [0.2, 0.25) is 5.02 Å². The van der Waals surface area contributed by atoms with Crippen LogP contribution in [0.1, 0.15) is 5.76 Å². The number of furan rings is 1. The van der Waals surface area contributed by atoms with E-state index in [1.165, 1.54) is 0 Å². The van der Waals surface area contributed by atoms with Crippen molar-refractivity contribution in [2.24, 2.45) is 7.05 Å². The van der Waals surface area contributed by atoms with Crippen LogP contribution in [-0.2, 0) is 7.05 Å². The summed E-state index contributed by atoms with van der Waals surface area (Å²) in [5.41, 5.74) is 9.73. The number of benzene rings is 1. The Kier molecular flexibility index (Phi) is 3.03. The predicted molar refractivity (Wildman–Crippen MR) is 80.5 cm³/mol. The molecule has 2 N–H and O–H groups in total. The van der Waals surface area contributed by atoms with Gasteiger partial charge in [0.15, 0.2) is 0 Å². The van der Waals surface area contributed by atoms with Crippen molar-refractivity contribution in [3.63, 3.8) is 0 Å². The van der Waals surface area contributed by atoms with Gasteiger partial charge in [-0.3, -0.25) is 4.68 Å². The van der Waals surface area contributed by atoms with Gasteiger partial charge in [0.25, 0.3) is 0 Å². The SMILES string of the molecule is Cc1occc1-c1nn(C)c(N)c1-c1cccc(Cl)c1. The summed E-state index contributed by atoms with van der Waals surface area (Å²) in [5.74, 6) is 1.41. The van der Waals surface area contributed by atoms with E-state index in [1.807, 2.05) is 44.3 Å². The third-order valence-electron chi connectivity index (χ3n) is 3.32. The highest BCUT2D eigenvalue weighted by Crippen LogP contribution is 2.38. The average molecular weight is 288 g/mol. The number of nitrogen functional groups attached to an aromatic ring is 1. The number of aromatic nitrogens is 2. The summed E-state index contributed by atoms with van der Waals surface area (Å²) in [7, 11) is 1.82. The standard InChI is InChI=1S/C15H14ClN3O/c1-9-12(6-7-20-9)14-13(15(17)19(2)18-14)10-4-3-5-11(16)8-10/h3-8H,17H2,1-2H3. The van der Waals surface area contributed by atoms with Crippen LogP contribution in [0.15, 0.2) is 41.0 Å². The summed E-state index contributed by atoms with van der Waals surface area (Å²) in [5, 5.41) is 5.18. The maximum atomic E-state index is 6.17. The minimum Gasteiger partial charge on any atom is -0.469 e. The van der Waals surface area contributed by atoms with Crippen LogP contribution in [0.5, 0.6) is 0 Å². The monoisotopic (exact) mass is 287 g/mol. The zero-order chi connectivity index (χ0) is 14.3. The summed E-state index contributed by atoms with van der Waals surface area (Å²) >= 11 is 6.08. The van der Waals surface area contributed by atoms with Gasteiger partial charge < -0.3 is 10.2 Å². The number of nitrogens with two attached hydrogens (primary N) is 1. The molecular formula is C15H14ClN3O. The van der Waals surface area contributed by atoms with E-state index in [2.05, 4.69) is 5.10 Å². The van der Waals surface area contributed by atoms with Crippen molar-refractivity contribution in [2.75, 3.05) is 5.73 Å². The molecule has 102 valence electrons. The number of aryl methyl sites for hydroxylation is 2. The molecule has 3 rings (SSSR count). The van der Waals surface area contributed by atoms with Gasteiger partial charge in [-0.05, 0) is 30.7 Å². The lowest BCUT2D eigenvalue weighted by molar-refractivity contribution is 0.535. The summed E-state index contributed by atoms with van der Waals surface area (Å²) in [6.45, 7) is 1.90. The summed E-state index contributed by atoms with van der Waals surface area (Å²) in [6.07, 6.45) is 1.65. The molecule has 1 aromatic carbocycles. The van der Waals surface area contributed by atoms with Crippen molar-refractivity contribution in [3.05, 3.63) is 47.4 Å². The molecule has 0 saturated heterocycles. The maximum Gasteiger partial charge on any atom is 0.129 e. The van der Waals surface area contributed by atoms with Gasteiger partial charge in [0.1, 0.15) is 17.3 Å². The van der Waals surface area contributed by atoms with Crippen LogP contribution in [0, 0.1) is 6.92 Å². The highest BCUT2D eigenvalue weighted by atomic mass is 35.5. The predicted octanol–water partition coefficient (Wildman–Crippen LogP) is 3.89. The molecule has 0 fully saturated rings. The van der Waals surface area contributed by atoms with Crippen molar-refractivity contribution in [2.45, 2.75) is 6.92 Å². The molecule has 0 aliphatic rings. The van der Waals surface area contributed by atoms with Gasteiger partial charge in [-0.2, -0.15) is 5.10 Å². The van der Waals surface area contributed by atoms with Gasteiger partial charge in [0.2, 0.25) is 0 Å². The number of hydrogen-bond acceptors (Lipinski definition) is 3. The van der Waals surface area contributed by atoms with E-state index in [4.69, 9.17) is 21.8 Å². The van der Waals surface area contributed by atoms with Crippen molar-refractivity contribution in [1.29, 1.82) is 0 Å². The lowest BCUT2D eigenvalue weighted by atomic mass is 10.0. The molecular weight excluding hydrogens is 274 g/mol. The molecule has 4 nitrogen and oxygen atoms in total. The molecule has 2 heterocycles. The molecule has 0 aliphatic carbocycles. The number of anilines is 1. The lowest BCUT2D eigenvalue weighted by Gasteiger charge is -2.04. The van der Waals surface area contributed by atoms with Crippen LogP contribution in [-0.4, -0.2) is 9.78 Å². The molecule has 20 heavy (non-hydrogen) atoms. The summed E-state index contributed by atoms with van der Waals surface area (Å²) < 4.78 is 7.03. The largest absolute Gasteiger partial charge is 0.469 e.